The molecule has 6 fully saturated rings. The Morgan fingerprint density at radius 3 is 2.43 bits per heavy atom. The van der Waals surface area contributed by atoms with Crippen LogP contribution in [-0.2, 0) is 4.79 Å². The second-order valence-corrected chi connectivity index (χ2v) is 16.3. The highest BCUT2D eigenvalue weighted by molar-refractivity contribution is 5.99. The van der Waals surface area contributed by atoms with Gasteiger partial charge in [0.15, 0.2) is 0 Å². The van der Waals surface area contributed by atoms with Crippen LogP contribution in [0.25, 0.3) is 10.8 Å². The van der Waals surface area contributed by atoms with Crippen molar-refractivity contribution in [2.45, 2.75) is 102 Å². The van der Waals surface area contributed by atoms with Crippen molar-refractivity contribution in [3.8, 4) is 0 Å². The van der Waals surface area contributed by atoms with Gasteiger partial charge in [-0.1, -0.05) is 38.1 Å². The summed E-state index contributed by atoms with van der Waals surface area (Å²) in [5, 5.41) is 24.4. The van der Waals surface area contributed by atoms with Crippen molar-refractivity contribution in [2.24, 2.45) is 34.5 Å². The third kappa shape index (κ3) is 4.83. The molecule has 8 rings (SSSR count). The molecule has 4 aliphatic carbocycles. The Hall–Kier alpha value is -2.55. The van der Waals surface area contributed by atoms with Gasteiger partial charge >= 0.3 is 0 Å². The van der Waals surface area contributed by atoms with E-state index < -0.39 is 6.04 Å². The molecule has 0 radical (unpaired) electrons. The second-order valence-electron chi connectivity index (χ2n) is 16.3. The number of aliphatic hydroxyl groups excluding tert-OH is 2. The topological polar surface area (TPSA) is 97.2 Å². The van der Waals surface area contributed by atoms with E-state index in [0.717, 1.165) is 56.0 Å². The summed E-state index contributed by atoms with van der Waals surface area (Å²) in [6.45, 7) is 8.29. The highest BCUT2D eigenvalue weighted by atomic mass is 16.3. The normalized spacial score (nSPS) is 41.2. The number of fused-ring (bicyclic) bond motifs is 6. The molecule has 46 heavy (non-hydrogen) atoms. The third-order valence-corrected chi connectivity index (χ3v) is 14.4. The van der Waals surface area contributed by atoms with Gasteiger partial charge < -0.3 is 20.0 Å². The number of aliphatic hydroxyl groups is 2. The molecule has 10 atom stereocenters. The number of amides is 2. The van der Waals surface area contributed by atoms with Crippen LogP contribution in [0.1, 0.15) is 88.5 Å². The molecule has 8 nitrogen and oxygen atoms in total. The van der Waals surface area contributed by atoms with Crippen molar-refractivity contribution in [1.82, 2.24) is 19.7 Å². The van der Waals surface area contributed by atoms with Gasteiger partial charge in [0.25, 0.3) is 5.91 Å². The average molecular weight is 629 g/mol. The van der Waals surface area contributed by atoms with Crippen LogP contribution in [0.15, 0.2) is 36.5 Å². The fourth-order valence-corrected chi connectivity index (χ4v) is 11.7. The molecule has 6 aliphatic rings. The first-order valence-electron chi connectivity index (χ1n) is 18.2. The Balaban J connectivity index is 0.922. The van der Waals surface area contributed by atoms with E-state index in [1.54, 1.807) is 11.1 Å². The first-order valence-corrected chi connectivity index (χ1v) is 18.2. The van der Waals surface area contributed by atoms with Gasteiger partial charge in [-0.2, -0.15) is 0 Å². The van der Waals surface area contributed by atoms with Crippen LogP contribution < -0.4 is 0 Å². The van der Waals surface area contributed by atoms with Crippen molar-refractivity contribution in [3.05, 3.63) is 42.2 Å². The lowest BCUT2D eigenvalue weighted by molar-refractivity contribution is -0.157. The van der Waals surface area contributed by atoms with E-state index >= 15 is 0 Å². The second kappa shape index (κ2) is 11.6. The Labute approximate surface area is 273 Å². The van der Waals surface area contributed by atoms with Gasteiger partial charge in [-0.25, -0.2) is 0 Å². The first-order chi connectivity index (χ1) is 22.2. The van der Waals surface area contributed by atoms with E-state index in [-0.39, 0.29) is 40.9 Å². The lowest BCUT2D eigenvalue weighted by Crippen LogP contribution is -2.62. The van der Waals surface area contributed by atoms with Gasteiger partial charge in [0.1, 0.15) is 11.7 Å². The predicted octanol–water partition coefficient (Wildman–Crippen LogP) is 4.73. The zero-order valence-corrected chi connectivity index (χ0v) is 27.7. The first kappa shape index (κ1) is 30.8. The van der Waals surface area contributed by atoms with Crippen LogP contribution >= 0.6 is 0 Å². The average Bonchev–Trinajstić information content (AvgIpc) is 3.68. The quantitative estimate of drug-likeness (QED) is 0.511. The van der Waals surface area contributed by atoms with Crippen LogP contribution in [0.5, 0.6) is 0 Å². The fourth-order valence-electron chi connectivity index (χ4n) is 11.7. The minimum Gasteiger partial charge on any atom is -0.393 e. The zero-order valence-electron chi connectivity index (χ0n) is 27.7. The van der Waals surface area contributed by atoms with Crippen LogP contribution in [-0.4, -0.2) is 98.7 Å². The molecule has 2 aromatic rings. The molecule has 1 aromatic heterocycles. The largest absolute Gasteiger partial charge is 0.393 e. The molecule has 2 N–H and O–H groups in total. The number of likely N-dealkylation sites (tertiary alicyclic amines) is 1. The summed E-state index contributed by atoms with van der Waals surface area (Å²) in [6, 6.07) is 9.44. The standard InChI is InChI=1S/C38H52N4O4/c1-37-14-13-29-27(28(37)11-12-34(37)44)10-9-26-21-33(43)32(22-38(26,29)2)40-16-18-41(19-17-40)36(46)31-8-5-15-42(31)35(45)30-20-24-6-3-4-7-25(24)23-39-30/h3-4,6-7,20,23,26-29,31-34,43-44H,5,8-19,21-22H2,1-2H3/t26?,27?,28?,29?,31-,32-,33-,34-,37-,38-/m0/s1. The van der Waals surface area contributed by atoms with Crippen LogP contribution in [0.2, 0.25) is 0 Å². The van der Waals surface area contributed by atoms with Crippen molar-refractivity contribution in [1.29, 1.82) is 0 Å². The number of hydrogen-bond donors (Lipinski definition) is 2. The molecule has 2 aliphatic heterocycles. The highest BCUT2D eigenvalue weighted by Crippen LogP contribution is 2.66. The maximum atomic E-state index is 13.9. The fraction of sp³-hybridized carbons (Fsp3) is 0.711. The van der Waals surface area contributed by atoms with Gasteiger partial charge in [0.2, 0.25) is 5.91 Å². The molecule has 4 unspecified atom stereocenters. The van der Waals surface area contributed by atoms with Gasteiger partial charge in [-0.3, -0.25) is 19.5 Å². The summed E-state index contributed by atoms with van der Waals surface area (Å²) in [5.41, 5.74) is 0.709. The van der Waals surface area contributed by atoms with Crippen molar-refractivity contribution >= 4 is 22.6 Å². The molecule has 248 valence electrons. The number of nitrogens with zero attached hydrogens (tertiary/aromatic N) is 4. The van der Waals surface area contributed by atoms with Crippen molar-refractivity contribution in [3.63, 3.8) is 0 Å². The lowest BCUT2D eigenvalue weighted by atomic mass is 9.44. The molecular weight excluding hydrogens is 576 g/mol. The van der Waals surface area contributed by atoms with E-state index in [9.17, 15) is 19.8 Å². The maximum Gasteiger partial charge on any atom is 0.273 e. The van der Waals surface area contributed by atoms with E-state index in [0.29, 0.717) is 55.4 Å². The minimum absolute atomic E-state index is 0.0571. The third-order valence-electron chi connectivity index (χ3n) is 14.4. The van der Waals surface area contributed by atoms with Gasteiger partial charge in [0, 0.05) is 50.3 Å². The maximum absolute atomic E-state index is 13.9. The SMILES string of the molecule is C[C@]12C[C@H](N3CCN(C(=O)[C@@H]4CCCN4C(=O)c4cc5ccccc5cn4)CC3)[C@@H](O)CC1CCC1C2CC[C@@]2(C)C1CC[C@@H]2O. The number of carbonyl (C=O) groups excluding carboxylic acids is 2. The van der Waals surface area contributed by atoms with Crippen molar-refractivity contribution in [2.75, 3.05) is 32.7 Å². The van der Waals surface area contributed by atoms with Crippen LogP contribution in [0.4, 0.5) is 0 Å². The van der Waals surface area contributed by atoms with Gasteiger partial charge in [-0.05, 0) is 110 Å². The zero-order chi connectivity index (χ0) is 31.8. The summed E-state index contributed by atoms with van der Waals surface area (Å²) in [7, 11) is 0. The van der Waals surface area contributed by atoms with Crippen molar-refractivity contribution < 1.29 is 19.8 Å². The molecular formula is C38H52N4O4. The molecule has 0 bridgehead atoms. The Kier molecular flexibility index (Phi) is 7.73. The molecule has 8 heteroatoms. The number of rotatable bonds is 3. The van der Waals surface area contributed by atoms with E-state index in [2.05, 4.69) is 23.7 Å². The number of pyridine rings is 1. The van der Waals surface area contributed by atoms with Crippen LogP contribution in [0, 0.1) is 34.5 Å². The van der Waals surface area contributed by atoms with Gasteiger partial charge in [0.05, 0.1) is 12.2 Å². The molecule has 2 amide bonds. The summed E-state index contributed by atoms with van der Waals surface area (Å²) in [6.07, 6.45) is 11.6. The number of hydrogen-bond acceptors (Lipinski definition) is 6. The Morgan fingerprint density at radius 1 is 0.870 bits per heavy atom. The van der Waals surface area contributed by atoms with E-state index in [1.165, 1.54) is 25.7 Å². The summed E-state index contributed by atoms with van der Waals surface area (Å²) in [5.74, 6) is 2.48. The van der Waals surface area contributed by atoms with Gasteiger partial charge in [-0.15, -0.1) is 0 Å². The predicted molar refractivity (Wildman–Crippen MR) is 177 cm³/mol. The van der Waals surface area contributed by atoms with E-state index in [4.69, 9.17) is 0 Å². The number of benzene rings is 1. The Bertz CT molecular complexity index is 1490. The monoisotopic (exact) mass is 628 g/mol. The summed E-state index contributed by atoms with van der Waals surface area (Å²) < 4.78 is 0. The molecule has 1 aromatic carbocycles. The molecule has 3 heterocycles. The van der Waals surface area contributed by atoms with E-state index in [1.807, 2.05) is 35.2 Å². The summed E-state index contributed by atoms with van der Waals surface area (Å²) in [4.78, 5) is 38.1. The minimum atomic E-state index is -0.433. The summed E-state index contributed by atoms with van der Waals surface area (Å²) >= 11 is 0. The number of carbonyl (C=O) groups is 2. The molecule has 4 saturated carbocycles. The highest BCUT2D eigenvalue weighted by Gasteiger charge is 2.61. The lowest BCUT2D eigenvalue weighted by Gasteiger charge is -2.62. The Morgan fingerprint density at radius 2 is 1.63 bits per heavy atom. The molecule has 2 saturated heterocycles. The number of aromatic nitrogens is 1. The smallest absolute Gasteiger partial charge is 0.273 e. The van der Waals surface area contributed by atoms with Crippen LogP contribution in [0.3, 0.4) is 0 Å². The number of piperazine rings is 1. The molecule has 0 spiro atoms.